The molecule has 1 nitrogen and oxygen atoms in total. The molecule has 9 rings (SSSR count). The molecule has 0 spiro atoms. The summed E-state index contributed by atoms with van der Waals surface area (Å²) in [6.07, 6.45) is 0. The van der Waals surface area contributed by atoms with Crippen LogP contribution in [0.25, 0.3) is 58.8 Å². The molecule has 0 bridgehead atoms. The molecule has 2 aromatic heterocycles. The van der Waals surface area contributed by atoms with Crippen LogP contribution in [0.4, 0.5) is 0 Å². The van der Waals surface area contributed by atoms with Gasteiger partial charge < -0.3 is 4.57 Å². The molecule has 1 aliphatic carbocycles. The normalized spacial score (nSPS) is 13.0. The number of fused-ring (bicyclic) bond motifs is 9. The van der Waals surface area contributed by atoms with E-state index in [1.807, 2.05) is 11.3 Å². The summed E-state index contributed by atoms with van der Waals surface area (Å²) in [7, 11) is 0. The molecule has 0 N–H and O–H groups in total. The summed E-state index contributed by atoms with van der Waals surface area (Å²) >= 11 is 1.95. The number of aromatic nitrogens is 1. The minimum Gasteiger partial charge on any atom is -0.308 e. The number of hydrogen-bond donors (Lipinski definition) is 0. The van der Waals surface area contributed by atoms with Gasteiger partial charge in [-0.25, -0.2) is 0 Å². The van der Waals surface area contributed by atoms with Crippen LogP contribution in [0.2, 0.25) is 0 Å². The van der Waals surface area contributed by atoms with Crippen LogP contribution in [0.5, 0.6) is 0 Å². The standard InChI is InChI=1S/C37H23NS/c1-3-15-27-23(11-1)24-12-2-4-16-28(24)35(27)31-19-9-17-29-30-18-10-22-34(37(30)39-36(29)31)38-32-20-7-5-13-25(32)26-14-6-8-21-33(26)38/h1-22,35H. The van der Waals surface area contributed by atoms with Crippen LogP contribution in [0.15, 0.2) is 133 Å². The zero-order valence-electron chi connectivity index (χ0n) is 21.1. The van der Waals surface area contributed by atoms with Crippen LogP contribution >= 0.6 is 11.3 Å². The lowest BCUT2D eigenvalue weighted by Gasteiger charge is -2.15. The Kier molecular flexibility index (Phi) is 4.33. The highest BCUT2D eigenvalue weighted by molar-refractivity contribution is 7.26. The van der Waals surface area contributed by atoms with Gasteiger partial charge in [-0.1, -0.05) is 115 Å². The van der Waals surface area contributed by atoms with Crippen molar-refractivity contribution in [1.29, 1.82) is 0 Å². The van der Waals surface area contributed by atoms with Gasteiger partial charge in [-0.2, -0.15) is 0 Å². The zero-order valence-corrected chi connectivity index (χ0v) is 22.0. The molecule has 0 atom stereocenters. The SMILES string of the molecule is c1ccc2c(c1)-c1ccccc1C2c1cccc2c1sc1c(-n3c4ccccc4c4ccccc43)cccc12. The van der Waals surface area contributed by atoms with Gasteiger partial charge >= 0.3 is 0 Å². The largest absolute Gasteiger partial charge is 0.308 e. The van der Waals surface area contributed by atoms with Crippen LogP contribution in [0, 0.1) is 0 Å². The summed E-state index contributed by atoms with van der Waals surface area (Å²) in [5, 5.41) is 5.27. The monoisotopic (exact) mass is 513 g/mol. The first-order valence-corrected chi connectivity index (χ1v) is 14.3. The van der Waals surface area contributed by atoms with Gasteiger partial charge in [-0.15, -0.1) is 11.3 Å². The van der Waals surface area contributed by atoms with Crippen LogP contribution in [0.3, 0.4) is 0 Å². The van der Waals surface area contributed by atoms with E-state index in [2.05, 4.69) is 138 Å². The van der Waals surface area contributed by atoms with Gasteiger partial charge in [0, 0.05) is 32.2 Å². The predicted octanol–water partition coefficient (Wildman–Crippen LogP) is 10.3. The van der Waals surface area contributed by atoms with Crippen molar-refractivity contribution in [2.75, 3.05) is 0 Å². The summed E-state index contributed by atoms with van der Waals surface area (Å²) in [6, 6.07) is 49.2. The van der Waals surface area contributed by atoms with E-state index in [-0.39, 0.29) is 5.92 Å². The molecule has 0 aliphatic heterocycles. The second kappa shape index (κ2) is 7.92. The van der Waals surface area contributed by atoms with Crippen LogP contribution in [0.1, 0.15) is 22.6 Å². The highest BCUT2D eigenvalue weighted by Gasteiger charge is 2.31. The van der Waals surface area contributed by atoms with E-state index in [4.69, 9.17) is 0 Å². The Balaban J connectivity index is 1.36. The Morgan fingerprint density at radius 3 is 1.56 bits per heavy atom. The molecule has 0 saturated heterocycles. The maximum absolute atomic E-state index is 2.46. The molecule has 0 fully saturated rings. The summed E-state index contributed by atoms with van der Waals surface area (Å²) in [6.45, 7) is 0. The Hall–Kier alpha value is -4.66. The summed E-state index contributed by atoms with van der Waals surface area (Å²) in [4.78, 5) is 0. The Bertz CT molecular complexity index is 2150. The van der Waals surface area contributed by atoms with Gasteiger partial charge in [0.2, 0.25) is 0 Å². The third kappa shape index (κ3) is 2.84. The second-order valence-electron chi connectivity index (χ2n) is 10.5. The third-order valence-corrected chi connectivity index (χ3v) is 9.79. The van der Waals surface area contributed by atoms with Crippen molar-refractivity contribution in [1.82, 2.24) is 4.57 Å². The molecule has 182 valence electrons. The van der Waals surface area contributed by atoms with Gasteiger partial charge in [0.05, 0.1) is 21.4 Å². The maximum atomic E-state index is 2.46. The predicted molar refractivity (Wildman–Crippen MR) is 166 cm³/mol. The Labute approximate surface area is 230 Å². The number of rotatable bonds is 2. The Morgan fingerprint density at radius 2 is 0.897 bits per heavy atom. The highest BCUT2D eigenvalue weighted by Crippen LogP contribution is 2.51. The number of hydrogen-bond acceptors (Lipinski definition) is 1. The van der Waals surface area contributed by atoms with E-state index in [9.17, 15) is 0 Å². The number of thiophene rings is 1. The van der Waals surface area contributed by atoms with Gasteiger partial charge in [0.25, 0.3) is 0 Å². The molecule has 0 unspecified atom stereocenters. The average molecular weight is 514 g/mol. The molecule has 8 aromatic rings. The van der Waals surface area contributed by atoms with Crippen LogP contribution < -0.4 is 0 Å². The van der Waals surface area contributed by atoms with Gasteiger partial charge in [-0.3, -0.25) is 0 Å². The minimum atomic E-state index is 0.242. The number of para-hydroxylation sites is 2. The molecule has 0 amide bonds. The van der Waals surface area contributed by atoms with Crippen molar-refractivity contribution in [3.05, 3.63) is 150 Å². The first-order chi connectivity index (χ1) is 19.4. The van der Waals surface area contributed by atoms with E-state index in [1.165, 1.54) is 75.5 Å². The second-order valence-corrected chi connectivity index (χ2v) is 11.5. The summed E-state index contributed by atoms with van der Waals surface area (Å²) < 4.78 is 5.19. The summed E-state index contributed by atoms with van der Waals surface area (Å²) in [5.41, 5.74) is 10.7. The van der Waals surface area contributed by atoms with E-state index in [1.54, 1.807) is 0 Å². The molecular formula is C37H23NS. The number of benzene rings is 6. The Morgan fingerprint density at radius 1 is 0.410 bits per heavy atom. The minimum absolute atomic E-state index is 0.242. The van der Waals surface area contributed by atoms with Gasteiger partial charge in [-0.05, 0) is 46.0 Å². The average Bonchev–Trinajstić information content (AvgIpc) is 3.65. The molecule has 2 heteroatoms. The van der Waals surface area contributed by atoms with E-state index in [0.717, 1.165) is 0 Å². The van der Waals surface area contributed by atoms with Crippen molar-refractivity contribution >= 4 is 53.3 Å². The molecule has 0 radical (unpaired) electrons. The fourth-order valence-electron chi connectivity index (χ4n) is 6.90. The van der Waals surface area contributed by atoms with Gasteiger partial charge in [0.1, 0.15) is 0 Å². The van der Waals surface area contributed by atoms with Crippen LogP contribution in [-0.2, 0) is 0 Å². The van der Waals surface area contributed by atoms with Crippen LogP contribution in [-0.4, -0.2) is 4.57 Å². The lowest BCUT2D eigenvalue weighted by Crippen LogP contribution is -1.99. The summed E-state index contributed by atoms with van der Waals surface area (Å²) in [5.74, 6) is 0.242. The van der Waals surface area contributed by atoms with Crippen molar-refractivity contribution in [2.24, 2.45) is 0 Å². The smallest absolute Gasteiger partial charge is 0.0640 e. The molecular weight excluding hydrogens is 490 g/mol. The highest BCUT2D eigenvalue weighted by atomic mass is 32.1. The first kappa shape index (κ1) is 21.3. The lowest BCUT2D eigenvalue weighted by atomic mass is 9.88. The maximum Gasteiger partial charge on any atom is 0.0640 e. The van der Waals surface area contributed by atoms with Crippen molar-refractivity contribution in [2.45, 2.75) is 5.92 Å². The van der Waals surface area contributed by atoms with Gasteiger partial charge in [0.15, 0.2) is 0 Å². The molecule has 2 heterocycles. The quantitative estimate of drug-likeness (QED) is 0.217. The van der Waals surface area contributed by atoms with E-state index in [0.29, 0.717) is 0 Å². The fourth-order valence-corrected chi connectivity index (χ4v) is 8.25. The zero-order chi connectivity index (χ0) is 25.5. The molecule has 6 aromatic carbocycles. The van der Waals surface area contributed by atoms with Crippen molar-refractivity contribution in [3.63, 3.8) is 0 Å². The van der Waals surface area contributed by atoms with E-state index < -0.39 is 0 Å². The number of nitrogens with zero attached hydrogens (tertiary/aromatic N) is 1. The van der Waals surface area contributed by atoms with Crippen molar-refractivity contribution in [3.8, 4) is 16.8 Å². The molecule has 39 heavy (non-hydrogen) atoms. The van der Waals surface area contributed by atoms with Crippen molar-refractivity contribution < 1.29 is 0 Å². The molecule has 0 saturated carbocycles. The fraction of sp³-hybridized carbons (Fsp3) is 0.0270. The molecule has 1 aliphatic rings. The lowest BCUT2D eigenvalue weighted by molar-refractivity contribution is 1.03. The first-order valence-electron chi connectivity index (χ1n) is 13.5. The topological polar surface area (TPSA) is 4.93 Å². The third-order valence-electron chi connectivity index (χ3n) is 8.50. The van der Waals surface area contributed by atoms with E-state index >= 15 is 0 Å².